The summed E-state index contributed by atoms with van der Waals surface area (Å²) in [6.45, 7) is 1.98. The molecule has 118 valence electrons. The first-order chi connectivity index (χ1) is 11.2. The highest BCUT2D eigenvalue weighted by Crippen LogP contribution is 2.42. The topological polar surface area (TPSA) is 86.5 Å². The third kappa shape index (κ3) is 2.00. The lowest BCUT2D eigenvalue weighted by atomic mass is 9.99. The Kier molecular flexibility index (Phi) is 2.78. The smallest absolute Gasteiger partial charge is 0.268 e. The molecule has 4 heterocycles. The molecule has 6 nitrogen and oxygen atoms in total. The van der Waals surface area contributed by atoms with Gasteiger partial charge < -0.3 is 10.3 Å². The summed E-state index contributed by atoms with van der Waals surface area (Å²) in [6.07, 6.45) is 5.48. The molecule has 2 bridgehead atoms. The zero-order valence-electron chi connectivity index (χ0n) is 12.7. The molecule has 0 spiro atoms. The molecule has 5 rings (SSSR count). The monoisotopic (exact) mass is 327 g/mol. The summed E-state index contributed by atoms with van der Waals surface area (Å²) in [7, 11) is 0. The van der Waals surface area contributed by atoms with Crippen molar-refractivity contribution in [3.05, 3.63) is 34.1 Å². The van der Waals surface area contributed by atoms with Gasteiger partial charge >= 0.3 is 0 Å². The fourth-order valence-electron chi connectivity index (χ4n) is 4.00. The Hall–Kier alpha value is -1.99. The van der Waals surface area contributed by atoms with Gasteiger partial charge in [0, 0.05) is 22.2 Å². The predicted octanol–water partition coefficient (Wildman–Crippen LogP) is 2.50. The van der Waals surface area contributed by atoms with Crippen molar-refractivity contribution in [1.29, 1.82) is 0 Å². The number of aromatic nitrogens is 4. The van der Waals surface area contributed by atoms with Crippen molar-refractivity contribution in [3.8, 4) is 10.4 Å². The molecule has 1 aliphatic heterocycles. The van der Waals surface area contributed by atoms with E-state index in [1.54, 1.807) is 6.20 Å². The van der Waals surface area contributed by atoms with Crippen LogP contribution in [0.2, 0.25) is 0 Å². The first-order valence-electron chi connectivity index (χ1n) is 7.99. The maximum atomic E-state index is 12.5. The van der Waals surface area contributed by atoms with Gasteiger partial charge in [-0.15, -0.1) is 11.3 Å². The summed E-state index contributed by atoms with van der Waals surface area (Å²) in [4.78, 5) is 21.3. The van der Waals surface area contributed by atoms with Crippen molar-refractivity contribution in [2.75, 3.05) is 0 Å². The third-order valence-corrected chi connectivity index (χ3v) is 6.31. The maximum absolute atomic E-state index is 12.5. The van der Waals surface area contributed by atoms with E-state index in [4.69, 9.17) is 4.98 Å². The quantitative estimate of drug-likeness (QED) is 0.675. The molecule has 3 N–H and O–H groups in total. The number of aryl methyl sites for hydroxylation is 1. The van der Waals surface area contributed by atoms with E-state index in [9.17, 15) is 4.79 Å². The van der Waals surface area contributed by atoms with E-state index in [1.165, 1.54) is 30.6 Å². The Morgan fingerprint density at radius 2 is 2.26 bits per heavy atom. The highest BCUT2D eigenvalue weighted by Gasteiger charge is 2.41. The van der Waals surface area contributed by atoms with Crippen LogP contribution in [0.5, 0.6) is 0 Å². The van der Waals surface area contributed by atoms with Gasteiger partial charge in [-0.25, -0.2) is 4.98 Å². The highest BCUT2D eigenvalue weighted by molar-refractivity contribution is 7.22. The van der Waals surface area contributed by atoms with E-state index in [0.717, 1.165) is 27.5 Å². The minimum atomic E-state index is -0.0352. The number of thiophene rings is 1. The molecule has 2 aliphatic rings. The lowest BCUT2D eigenvalue weighted by molar-refractivity contribution is 0.377. The number of H-pyrrole nitrogens is 2. The zero-order valence-corrected chi connectivity index (χ0v) is 13.5. The van der Waals surface area contributed by atoms with Gasteiger partial charge in [-0.3, -0.25) is 9.89 Å². The summed E-state index contributed by atoms with van der Waals surface area (Å²) in [5, 5.41) is 10.6. The predicted molar refractivity (Wildman–Crippen MR) is 89.6 cm³/mol. The van der Waals surface area contributed by atoms with Gasteiger partial charge in [0.1, 0.15) is 10.5 Å². The van der Waals surface area contributed by atoms with Gasteiger partial charge in [0.2, 0.25) is 0 Å². The van der Waals surface area contributed by atoms with Gasteiger partial charge in [0.25, 0.3) is 5.56 Å². The number of aromatic amines is 2. The van der Waals surface area contributed by atoms with Crippen LogP contribution in [-0.2, 0) is 0 Å². The average molecular weight is 327 g/mol. The molecule has 0 aromatic carbocycles. The van der Waals surface area contributed by atoms with E-state index < -0.39 is 0 Å². The Morgan fingerprint density at radius 3 is 2.96 bits per heavy atom. The van der Waals surface area contributed by atoms with Gasteiger partial charge in [-0.05, 0) is 38.2 Å². The lowest BCUT2D eigenvalue weighted by Crippen LogP contribution is -2.31. The minimum absolute atomic E-state index is 0.0352. The van der Waals surface area contributed by atoms with Crippen LogP contribution in [0.15, 0.2) is 17.1 Å². The highest BCUT2D eigenvalue weighted by atomic mass is 32.1. The largest absolute Gasteiger partial charge is 0.308 e. The molecule has 23 heavy (non-hydrogen) atoms. The SMILES string of the molecule is Cc1[nH]ncc1-c1cc2nc(C3N[C@@H]4CCC3C4)[nH]c(=O)c2s1. The first-order valence-corrected chi connectivity index (χ1v) is 8.81. The van der Waals surface area contributed by atoms with Crippen LogP contribution in [0.4, 0.5) is 0 Å². The van der Waals surface area contributed by atoms with Crippen molar-refractivity contribution < 1.29 is 0 Å². The molecule has 0 radical (unpaired) electrons. The Labute approximate surface area is 136 Å². The van der Waals surface area contributed by atoms with Crippen molar-refractivity contribution in [2.45, 2.75) is 38.3 Å². The number of hydrogen-bond donors (Lipinski definition) is 3. The van der Waals surface area contributed by atoms with Gasteiger partial charge in [-0.1, -0.05) is 0 Å². The molecule has 1 saturated carbocycles. The number of piperidine rings is 1. The number of hydrogen-bond acceptors (Lipinski definition) is 5. The number of fused-ring (bicyclic) bond motifs is 3. The summed E-state index contributed by atoms with van der Waals surface area (Å²) in [5.74, 6) is 1.40. The molecule has 1 saturated heterocycles. The third-order valence-electron chi connectivity index (χ3n) is 5.15. The molecule has 2 unspecified atom stereocenters. The van der Waals surface area contributed by atoms with Gasteiger partial charge in [0.05, 0.1) is 17.8 Å². The van der Waals surface area contributed by atoms with Crippen LogP contribution >= 0.6 is 11.3 Å². The second-order valence-electron chi connectivity index (χ2n) is 6.60. The number of rotatable bonds is 2. The van der Waals surface area contributed by atoms with Crippen LogP contribution in [0.25, 0.3) is 20.7 Å². The van der Waals surface area contributed by atoms with E-state index >= 15 is 0 Å². The lowest BCUT2D eigenvalue weighted by Gasteiger charge is -2.21. The van der Waals surface area contributed by atoms with Crippen molar-refractivity contribution in [1.82, 2.24) is 25.5 Å². The van der Waals surface area contributed by atoms with E-state index in [2.05, 4.69) is 20.5 Å². The Balaban J connectivity index is 1.62. The van der Waals surface area contributed by atoms with E-state index in [1.807, 2.05) is 13.0 Å². The summed E-state index contributed by atoms with van der Waals surface area (Å²) >= 11 is 1.48. The van der Waals surface area contributed by atoms with Crippen LogP contribution in [0.1, 0.15) is 36.8 Å². The van der Waals surface area contributed by atoms with Crippen LogP contribution in [0.3, 0.4) is 0 Å². The van der Waals surface area contributed by atoms with Crippen molar-refractivity contribution in [2.24, 2.45) is 5.92 Å². The van der Waals surface area contributed by atoms with Crippen LogP contribution in [0, 0.1) is 12.8 Å². The standard InChI is InChI=1S/C16H17N5OS/c1-7-10(6-17-21-7)12-5-11-14(23-12)16(22)20-15(19-11)13-8-2-3-9(4-8)18-13/h5-6,8-9,13,18H,2-4H2,1H3,(H,17,21)(H,19,20,22)/t8?,9-,13?/m1/s1. The molecule has 3 atom stereocenters. The molecule has 1 aliphatic carbocycles. The molecule has 3 aromatic heterocycles. The maximum Gasteiger partial charge on any atom is 0.268 e. The second kappa shape index (κ2) is 4.75. The second-order valence-corrected chi connectivity index (χ2v) is 7.65. The van der Waals surface area contributed by atoms with Crippen LogP contribution in [-0.4, -0.2) is 26.2 Å². The molecule has 0 amide bonds. The fraction of sp³-hybridized carbons (Fsp3) is 0.438. The summed E-state index contributed by atoms with van der Waals surface area (Å²) < 4.78 is 0.688. The minimum Gasteiger partial charge on any atom is -0.308 e. The van der Waals surface area contributed by atoms with Crippen molar-refractivity contribution >= 4 is 21.6 Å². The number of nitrogens with one attached hydrogen (secondary N) is 3. The first kappa shape index (κ1) is 13.4. The normalized spacial score (nSPS) is 26.4. The summed E-state index contributed by atoms with van der Waals surface area (Å²) in [6, 6.07) is 2.80. The Morgan fingerprint density at radius 1 is 1.35 bits per heavy atom. The zero-order chi connectivity index (χ0) is 15.6. The molecule has 2 fully saturated rings. The summed E-state index contributed by atoms with van der Waals surface area (Å²) in [5.41, 5.74) is 2.79. The van der Waals surface area contributed by atoms with Crippen LogP contribution < -0.4 is 10.9 Å². The van der Waals surface area contributed by atoms with E-state index in [0.29, 0.717) is 16.7 Å². The Bertz CT molecular complexity index is 955. The molecular weight excluding hydrogens is 310 g/mol. The fourth-order valence-corrected chi connectivity index (χ4v) is 5.06. The number of nitrogens with zero attached hydrogens (tertiary/aromatic N) is 2. The van der Waals surface area contributed by atoms with Gasteiger partial charge in [-0.2, -0.15) is 5.10 Å². The van der Waals surface area contributed by atoms with Gasteiger partial charge in [0.15, 0.2) is 0 Å². The molecule has 3 aromatic rings. The van der Waals surface area contributed by atoms with E-state index in [-0.39, 0.29) is 11.6 Å². The molecule has 7 heteroatoms. The average Bonchev–Trinajstić information content (AvgIpc) is 3.29. The molecular formula is C16H17N5OS. The van der Waals surface area contributed by atoms with Crippen molar-refractivity contribution in [3.63, 3.8) is 0 Å².